The monoisotopic (exact) mass is 400 g/mol. The summed E-state index contributed by atoms with van der Waals surface area (Å²) in [5, 5.41) is 6.34. The Kier molecular flexibility index (Phi) is 6.85. The standard InChI is InChI=1S/C19H20N4O4S/c1-14-8-17(22-27-14)21-18(24)12-28-13-19(25)23(11-16-5-3-7-26-16)10-15-4-2-6-20-9-15/h2-9H,10-13H2,1H3,(H,21,22,24). The summed E-state index contributed by atoms with van der Waals surface area (Å²) >= 11 is 1.24. The molecule has 3 rings (SSSR count). The molecule has 8 nitrogen and oxygen atoms in total. The summed E-state index contributed by atoms with van der Waals surface area (Å²) in [6, 6.07) is 8.98. The number of nitrogens with zero attached hydrogens (tertiary/aromatic N) is 3. The maximum atomic E-state index is 12.7. The van der Waals surface area contributed by atoms with Gasteiger partial charge in [0.25, 0.3) is 0 Å². The molecule has 0 bridgehead atoms. The van der Waals surface area contributed by atoms with E-state index >= 15 is 0 Å². The highest BCUT2D eigenvalue weighted by atomic mass is 32.2. The van der Waals surface area contributed by atoms with E-state index in [4.69, 9.17) is 8.94 Å². The topological polar surface area (TPSA) is 101 Å². The zero-order chi connectivity index (χ0) is 19.8. The maximum Gasteiger partial charge on any atom is 0.235 e. The summed E-state index contributed by atoms with van der Waals surface area (Å²) < 4.78 is 10.3. The van der Waals surface area contributed by atoms with Gasteiger partial charge < -0.3 is 19.2 Å². The minimum Gasteiger partial charge on any atom is -0.467 e. The van der Waals surface area contributed by atoms with Crippen molar-refractivity contribution >= 4 is 29.4 Å². The predicted octanol–water partition coefficient (Wildman–Crippen LogP) is 2.87. The Morgan fingerprint density at radius 3 is 2.79 bits per heavy atom. The van der Waals surface area contributed by atoms with Gasteiger partial charge in [-0.2, -0.15) is 0 Å². The van der Waals surface area contributed by atoms with Crippen LogP contribution in [0.1, 0.15) is 17.1 Å². The highest BCUT2D eigenvalue weighted by Gasteiger charge is 2.17. The molecule has 28 heavy (non-hydrogen) atoms. The summed E-state index contributed by atoms with van der Waals surface area (Å²) in [4.78, 5) is 30.4. The lowest BCUT2D eigenvalue weighted by molar-refractivity contribution is -0.129. The van der Waals surface area contributed by atoms with E-state index in [1.807, 2.05) is 18.2 Å². The van der Waals surface area contributed by atoms with Gasteiger partial charge in [0.05, 0.1) is 24.3 Å². The van der Waals surface area contributed by atoms with Crippen LogP contribution in [0.5, 0.6) is 0 Å². The van der Waals surface area contributed by atoms with Crippen molar-refractivity contribution < 1.29 is 18.5 Å². The van der Waals surface area contributed by atoms with Crippen molar-refractivity contribution in [3.8, 4) is 0 Å². The summed E-state index contributed by atoms with van der Waals surface area (Å²) in [5.41, 5.74) is 0.923. The summed E-state index contributed by atoms with van der Waals surface area (Å²) in [7, 11) is 0. The molecular weight excluding hydrogens is 380 g/mol. The largest absolute Gasteiger partial charge is 0.467 e. The van der Waals surface area contributed by atoms with Crippen molar-refractivity contribution in [1.29, 1.82) is 0 Å². The van der Waals surface area contributed by atoms with Gasteiger partial charge in [-0.25, -0.2) is 0 Å². The Morgan fingerprint density at radius 2 is 2.11 bits per heavy atom. The van der Waals surface area contributed by atoms with Crippen LogP contribution in [-0.4, -0.2) is 38.4 Å². The van der Waals surface area contributed by atoms with Gasteiger partial charge in [-0.1, -0.05) is 11.2 Å². The predicted molar refractivity (Wildman–Crippen MR) is 104 cm³/mol. The summed E-state index contributed by atoms with van der Waals surface area (Å²) in [6.45, 7) is 2.51. The molecule has 3 aromatic heterocycles. The van der Waals surface area contributed by atoms with Crippen LogP contribution in [0.2, 0.25) is 0 Å². The van der Waals surface area contributed by atoms with E-state index in [0.717, 1.165) is 5.56 Å². The first-order valence-corrected chi connectivity index (χ1v) is 9.75. The fourth-order valence-corrected chi connectivity index (χ4v) is 3.18. The summed E-state index contributed by atoms with van der Waals surface area (Å²) in [5.74, 6) is 1.66. The molecule has 0 aliphatic carbocycles. The number of carbonyl (C=O) groups excluding carboxylic acids is 2. The van der Waals surface area contributed by atoms with Gasteiger partial charge in [0.2, 0.25) is 11.8 Å². The summed E-state index contributed by atoms with van der Waals surface area (Å²) in [6.07, 6.45) is 4.99. The third-order valence-electron chi connectivity index (χ3n) is 3.73. The van der Waals surface area contributed by atoms with Crippen LogP contribution in [0.15, 0.2) is 57.9 Å². The molecule has 0 aliphatic rings. The highest BCUT2D eigenvalue weighted by Crippen LogP contribution is 2.13. The number of carbonyl (C=O) groups is 2. The first-order valence-electron chi connectivity index (χ1n) is 8.60. The molecule has 146 valence electrons. The molecule has 0 saturated heterocycles. The third-order valence-corrected chi connectivity index (χ3v) is 4.65. The molecule has 1 N–H and O–H groups in total. The lowest BCUT2D eigenvalue weighted by atomic mass is 10.2. The number of aromatic nitrogens is 2. The third kappa shape index (κ3) is 5.98. The van der Waals surface area contributed by atoms with Crippen molar-refractivity contribution in [1.82, 2.24) is 15.0 Å². The van der Waals surface area contributed by atoms with E-state index in [1.54, 1.807) is 42.6 Å². The first kappa shape index (κ1) is 19.7. The average molecular weight is 400 g/mol. The normalized spacial score (nSPS) is 10.6. The quantitative estimate of drug-likeness (QED) is 0.589. The Labute approximate surface area is 166 Å². The van der Waals surface area contributed by atoms with Gasteiger partial charge in [0.15, 0.2) is 5.82 Å². The number of thioether (sulfide) groups is 1. The van der Waals surface area contributed by atoms with Crippen LogP contribution in [-0.2, 0) is 22.7 Å². The van der Waals surface area contributed by atoms with E-state index in [1.165, 1.54) is 11.8 Å². The molecule has 0 aromatic carbocycles. The van der Waals surface area contributed by atoms with E-state index in [0.29, 0.717) is 30.4 Å². The first-order chi connectivity index (χ1) is 13.6. The smallest absolute Gasteiger partial charge is 0.235 e. The van der Waals surface area contributed by atoms with Crippen LogP contribution in [0.25, 0.3) is 0 Å². The Bertz CT molecular complexity index is 896. The van der Waals surface area contributed by atoms with Crippen LogP contribution in [0.3, 0.4) is 0 Å². The molecule has 3 aromatic rings. The highest BCUT2D eigenvalue weighted by molar-refractivity contribution is 8.00. The average Bonchev–Trinajstić information content (AvgIpc) is 3.33. The molecule has 0 unspecified atom stereocenters. The maximum absolute atomic E-state index is 12.7. The van der Waals surface area contributed by atoms with Crippen molar-refractivity contribution in [2.24, 2.45) is 0 Å². The SMILES string of the molecule is Cc1cc(NC(=O)CSCC(=O)N(Cc2cccnc2)Cc2ccco2)no1. The molecular formula is C19H20N4O4S. The van der Waals surface area contributed by atoms with Crippen molar-refractivity contribution in [2.45, 2.75) is 20.0 Å². The number of furan rings is 1. The molecule has 0 spiro atoms. The van der Waals surface area contributed by atoms with Crippen molar-refractivity contribution in [3.05, 3.63) is 66.1 Å². The number of anilines is 1. The lowest BCUT2D eigenvalue weighted by Gasteiger charge is -2.21. The van der Waals surface area contributed by atoms with Crippen LogP contribution in [0.4, 0.5) is 5.82 Å². The molecule has 0 atom stereocenters. The minimum atomic E-state index is -0.240. The molecule has 9 heteroatoms. The van der Waals surface area contributed by atoms with Gasteiger partial charge in [-0.05, 0) is 30.7 Å². The molecule has 3 heterocycles. The van der Waals surface area contributed by atoms with Crippen LogP contribution in [0, 0.1) is 6.92 Å². The van der Waals surface area contributed by atoms with Crippen molar-refractivity contribution in [2.75, 3.05) is 16.8 Å². The molecule has 0 aliphatic heterocycles. The van der Waals surface area contributed by atoms with Gasteiger partial charge in [0.1, 0.15) is 11.5 Å². The lowest BCUT2D eigenvalue weighted by Crippen LogP contribution is -2.32. The molecule has 0 radical (unpaired) electrons. The Hall–Kier alpha value is -3.07. The zero-order valence-corrected chi connectivity index (χ0v) is 16.1. The Morgan fingerprint density at radius 1 is 1.21 bits per heavy atom. The van der Waals surface area contributed by atoms with E-state index in [-0.39, 0.29) is 23.3 Å². The van der Waals surface area contributed by atoms with Crippen LogP contribution >= 0.6 is 11.8 Å². The fourth-order valence-electron chi connectivity index (χ4n) is 2.46. The number of aryl methyl sites for hydroxylation is 1. The number of rotatable bonds is 9. The van der Waals surface area contributed by atoms with Gasteiger partial charge in [0, 0.05) is 25.0 Å². The minimum absolute atomic E-state index is 0.0877. The van der Waals surface area contributed by atoms with Gasteiger partial charge in [-0.15, -0.1) is 11.8 Å². The molecule has 2 amide bonds. The second-order valence-corrected chi connectivity index (χ2v) is 7.04. The van der Waals surface area contributed by atoms with E-state index in [9.17, 15) is 9.59 Å². The number of hydrogen-bond acceptors (Lipinski definition) is 7. The second kappa shape index (κ2) is 9.75. The Balaban J connectivity index is 1.52. The number of hydrogen-bond donors (Lipinski definition) is 1. The second-order valence-electron chi connectivity index (χ2n) is 6.05. The zero-order valence-electron chi connectivity index (χ0n) is 15.3. The number of amides is 2. The fraction of sp³-hybridized carbons (Fsp3) is 0.263. The molecule has 0 fully saturated rings. The molecule has 0 saturated carbocycles. The van der Waals surface area contributed by atoms with E-state index in [2.05, 4.69) is 15.5 Å². The van der Waals surface area contributed by atoms with Crippen molar-refractivity contribution in [3.63, 3.8) is 0 Å². The van der Waals surface area contributed by atoms with Gasteiger partial charge >= 0.3 is 0 Å². The van der Waals surface area contributed by atoms with E-state index < -0.39 is 0 Å². The number of nitrogens with one attached hydrogen (secondary N) is 1. The number of pyridine rings is 1. The van der Waals surface area contributed by atoms with Crippen LogP contribution < -0.4 is 5.32 Å². The van der Waals surface area contributed by atoms with Gasteiger partial charge in [-0.3, -0.25) is 14.6 Å².